The number of nitrogens with one attached hydrogen (secondary N) is 3. The molecule has 1 aromatic carbocycles. The molecule has 0 saturated carbocycles. The Morgan fingerprint density at radius 2 is 2.00 bits per heavy atom. The van der Waals surface area contributed by atoms with Crippen molar-refractivity contribution in [1.29, 1.82) is 0 Å². The fourth-order valence-corrected chi connectivity index (χ4v) is 3.73. The quantitative estimate of drug-likeness (QED) is 0.331. The lowest BCUT2D eigenvalue weighted by Crippen LogP contribution is -2.46. The van der Waals surface area contributed by atoms with E-state index in [0.717, 1.165) is 25.5 Å². The maximum atomic E-state index is 4.37. The SMILES string of the molecule is CCC(CNC(=NC)NCCc1c[nH]c2ccccc12)N1CCCC1.I. The van der Waals surface area contributed by atoms with Gasteiger partial charge in [-0.05, 0) is 50.4 Å². The Balaban J connectivity index is 0.00000243. The Bertz CT molecular complexity index is 690. The molecule has 1 fully saturated rings. The van der Waals surface area contributed by atoms with E-state index in [1.807, 2.05) is 7.05 Å². The van der Waals surface area contributed by atoms with Crippen LogP contribution in [0.1, 0.15) is 31.7 Å². The van der Waals surface area contributed by atoms with Crippen LogP contribution in [0, 0.1) is 0 Å². The van der Waals surface area contributed by atoms with Gasteiger partial charge in [0.15, 0.2) is 5.96 Å². The van der Waals surface area contributed by atoms with Gasteiger partial charge in [0.2, 0.25) is 0 Å². The van der Waals surface area contributed by atoms with E-state index in [9.17, 15) is 0 Å². The number of benzene rings is 1. The van der Waals surface area contributed by atoms with Crippen molar-refractivity contribution in [3.63, 3.8) is 0 Å². The van der Waals surface area contributed by atoms with Crippen LogP contribution in [0.3, 0.4) is 0 Å². The maximum absolute atomic E-state index is 4.37. The predicted octanol–water partition coefficient (Wildman–Crippen LogP) is 3.37. The van der Waals surface area contributed by atoms with Crippen LogP contribution in [0.2, 0.25) is 0 Å². The molecule has 6 heteroatoms. The van der Waals surface area contributed by atoms with Crippen molar-refractivity contribution in [2.45, 2.75) is 38.6 Å². The van der Waals surface area contributed by atoms with Crippen molar-refractivity contribution in [3.8, 4) is 0 Å². The number of aliphatic imine (C=N–C) groups is 1. The van der Waals surface area contributed by atoms with Crippen LogP contribution in [0.15, 0.2) is 35.5 Å². The molecule has 1 aliphatic rings. The second-order valence-corrected chi connectivity index (χ2v) is 6.79. The monoisotopic (exact) mass is 469 g/mol. The number of fused-ring (bicyclic) bond motifs is 1. The molecule has 1 aliphatic heterocycles. The minimum absolute atomic E-state index is 0. The molecular formula is C20H32IN5. The number of para-hydroxylation sites is 1. The van der Waals surface area contributed by atoms with Crippen LogP contribution in [0.4, 0.5) is 0 Å². The molecule has 0 radical (unpaired) electrons. The van der Waals surface area contributed by atoms with E-state index in [2.05, 4.69) is 62.9 Å². The molecule has 2 heterocycles. The van der Waals surface area contributed by atoms with Crippen LogP contribution in [-0.2, 0) is 6.42 Å². The first-order valence-corrected chi connectivity index (χ1v) is 9.55. The van der Waals surface area contributed by atoms with Gasteiger partial charge in [-0.15, -0.1) is 24.0 Å². The van der Waals surface area contributed by atoms with Gasteiger partial charge in [0, 0.05) is 43.3 Å². The van der Waals surface area contributed by atoms with E-state index < -0.39 is 0 Å². The summed E-state index contributed by atoms with van der Waals surface area (Å²) in [6.45, 7) is 6.60. The molecule has 0 aliphatic carbocycles. The fraction of sp³-hybridized carbons (Fsp3) is 0.550. The summed E-state index contributed by atoms with van der Waals surface area (Å²) in [6, 6.07) is 9.06. The summed E-state index contributed by atoms with van der Waals surface area (Å²) >= 11 is 0. The molecule has 0 spiro atoms. The normalized spacial score (nSPS) is 16.5. The third-order valence-electron chi connectivity index (χ3n) is 5.22. The first-order valence-electron chi connectivity index (χ1n) is 9.55. The van der Waals surface area contributed by atoms with Gasteiger partial charge in [0.05, 0.1) is 0 Å². The number of likely N-dealkylation sites (tertiary alicyclic amines) is 1. The average molecular weight is 469 g/mol. The van der Waals surface area contributed by atoms with Crippen molar-refractivity contribution < 1.29 is 0 Å². The highest BCUT2D eigenvalue weighted by Gasteiger charge is 2.20. The average Bonchev–Trinajstić information content (AvgIpc) is 3.31. The summed E-state index contributed by atoms with van der Waals surface area (Å²) in [7, 11) is 1.85. The van der Waals surface area contributed by atoms with E-state index in [1.54, 1.807) is 0 Å². The van der Waals surface area contributed by atoms with Crippen LogP contribution in [0.5, 0.6) is 0 Å². The molecule has 0 amide bonds. The Morgan fingerprint density at radius 3 is 2.73 bits per heavy atom. The van der Waals surface area contributed by atoms with E-state index in [4.69, 9.17) is 0 Å². The Hall–Kier alpha value is -1.28. The molecule has 1 aromatic heterocycles. The zero-order valence-electron chi connectivity index (χ0n) is 15.9. The topological polar surface area (TPSA) is 55.5 Å². The second kappa shape index (κ2) is 10.8. The van der Waals surface area contributed by atoms with Crippen molar-refractivity contribution in [2.75, 3.05) is 33.2 Å². The lowest BCUT2D eigenvalue weighted by atomic mass is 10.1. The molecule has 0 bridgehead atoms. The number of nitrogens with zero attached hydrogens (tertiary/aromatic N) is 2. The molecular weight excluding hydrogens is 437 g/mol. The van der Waals surface area contributed by atoms with Crippen molar-refractivity contribution >= 4 is 40.8 Å². The lowest BCUT2D eigenvalue weighted by molar-refractivity contribution is 0.236. The molecule has 3 rings (SSSR count). The third kappa shape index (κ3) is 5.36. The Kier molecular flexibility index (Phi) is 8.71. The molecule has 1 saturated heterocycles. The summed E-state index contributed by atoms with van der Waals surface area (Å²) in [5, 5.41) is 8.27. The van der Waals surface area contributed by atoms with Gasteiger partial charge in [0.25, 0.3) is 0 Å². The van der Waals surface area contributed by atoms with Gasteiger partial charge < -0.3 is 15.6 Å². The number of aromatic amines is 1. The van der Waals surface area contributed by atoms with Crippen LogP contribution >= 0.6 is 24.0 Å². The third-order valence-corrected chi connectivity index (χ3v) is 5.22. The first kappa shape index (κ1) is 21.0. The summed E-state index contributed by atoms with van der Waals surface area (Å²) in [6.07, 6.45) is 6.96. The van der Waals surface area contributed by atoms with E-state index in [0.29, 0.717) is 6.04 Å². The zero-order valence-corrected chi connectivity index (χ0v) is 18.3. The molecule has 2 aromatic rings. The van der Waals surface area contributed by atoms with Gasteiger partial charge in [-0.3, -0.25) is 9.89 Å². The Morgan fingerprint density at radius 1 is 1.23 bits per heavy atom. The summed E-state index contributed by atoms with van der Waals surface area (Å²) in [5.41, 5.74) is 2.55. The highest BCUT2D eigenvalue weighted by Crippen LogP contribution is 2.17. The minimum atomic E-state index is 0. The van der Waals surface area contributed by atoms with Crippen molar-refractivity contribution in [1.82, 2.24) is 20.5 Å². The zero-order chi connectivity index (χ0) is 17.5. The van der Waals surface area contributed by atoms with Crippen LogP contribution < -0.4 is 10.6 Å². The number of aromatic nitrogens is 1. The molecule has 1 atom stereocenters. The van der Waals surface area contributed by atoms with Crippen LogP contribution in [0.25, 0.3) is 10.9 Å². The molecule has 3 N–H and O–H groups in total. The van der Waals surface area contributed by atoms with E-state index >= 15 is 0 Å². The first-order chi connectivity index (χ1) is 12.3. The van der Waals surface area contributed by atoms with E-state index in [-0.39, 0.29) is 24.0 Å². The number of hydrogen-bond acceptors (Lipinski definition) is 2. The molecule has 1 unspecified atom stereocenters. The van der Waals surface area contributed by atoms with Crippen molar-refractivity contribution in [3.05, 3.63) is 36.0 Å². The van der Waals surface area contributed by atoms with Crippen molar-refractivity contribution in [2.24, 2.45) is 4.99 Å². The highest BCUT2D eigenvalue weighted by atomic mass is 127. The molecule has 26 heavy (non-hydrogen) atoms. The van der Waals surface area contributed by atoms with Gasteiger partial charge in [-0.1, -0.05) is 25.1 Å². The minimum Gasteiger partial charge on any atom is -0.361 e. The maximum Gasteiger partial charge on any atom is 0.191 e. The number of halogens is 1. The number of H-pyrrole nitrogens is 1. The van der Waals surface area contributed by atoms with Gasteiger partial charge >= 0.3 is 0 Å². The number of hydrogen-bond donors (Lipinski definition) is 3. The number of guanidine groups is 1. The summed E-state index contributed by atoms with van der Waals surface area (Å²) in [4.78, 5) is 10.3. The standard InChI is InChI=1S/C20H31N5.HI/c1-3-17(25-12-6-7-13-25)15-24-20(21-2)22-11-10-16-14-23-19-9-5-4-8-18(16)19;/h4-5,8-9,14,17,23H,3,6-7,10-13,15H2,1-2H3,(H2,21,22,24);1H. The van der Waals surface area contributed by atoms with Gasteiger partial charge in [-0.2, -0.15) is 0 Å². The smallest absolute Gasteiger partial charge is 0.191 e. The molecule has 5 nitrogen and oxygen atoms in total. The van der Waals surface area contributed by atoms with Crippen LogP contribution in [-0.4, -0.2) is 55.1 Å². The summed E-state index contributed by atoms with van der Waals surface area (Å²) < 4.78 is 0. The predicted molar refractivity (Wildman–Crippen MR) is 122 cm³/mol. The summed E-state index contributed by atoms with van der Waals surface area (Å²) in [5.74, 6) is 0.900. The highest BCUT2D eigenvalue weighted by molar-refractivity contribution is 14.0. The largest absolute Gasteiger partial charge is 0.361 e. The number of rotatable bonds is 7. The van der Waals surface area contributed by atoms with Gasteiger partial charge in [-0.25, -0.2) is 0 Å². The lowest BCUT2D eigenvalue weighted by Gasteiger charge is -2.27. The second-order valence-electron chi connectivity index (χ2n) is 6.79. The Labute approximate surface area is 174 Å². The fourth-order valence-electron chi connectivity index (χ4n) is 3.73. The van der Waals surface area contributed by atoms with E-state index in [1.165, 1.54) is 48.8 Å². The molecule has 144 valence electrons. The van der Waals surface area contributed by atoms with Gasteiger partial charge in [0.1, 0.15) is 0 Å².